The second kappa shape index (κ2) is 7.69. The number of amides is 1. The Hall–Kier alpha value is -2.47. The topological polar surface area (TPSA) is 76.1 Å². The molecule has 1 heterocycles. The van der Waals surface area contributed by atoms with Gasteiger partial charge >= 0.3 is 6.09 Å². The van der Waals surface area contributed by atoms with Crippen LogP contribution in [0, 0.1) is 0 Å². The van der Waals surface area contributed by atoms with E-state index in [1.807, 2.05) is 42.5 Å². The van der Waals surface area contributed by atoms with Crippen LogP contribution in [0.3, 0.4) is 0 Å². The van der Waals surface area contributed by atoms with Crippen molar-refractivity contribution in [3.63, 3.8) is 0 Å². The largest absolute Gasteiger partial charge is 0.445 e. The van der Waals surface area contributed by atoms with E-state index in [4.69, 9.17) is 4.74 Å². The van der Waals surface area contributed by atoms with Crippen LogP contribution in [0.2, 0.25) is 0 Å². The summed E-state index contributed by atoms with van der Waals surface area (Å²) in [5.41, 5.74) is 1.91. The van der Waals surface area contributed by atoms with Gasteiger partial charge in [0.25, 0.3) is 0 Å². The van der Waals surface area contributed by atoms with Gasteiger partial charge in [0.05, 0.1) is 5.69 Å². The molecule has 0 atom stereocenters. The van der Waals surface area contributed by atoms with Crippen LogP contribution in [0.1, 0.15) is 24.1 Å². The van der Waals surface area contributed by atoms with Crippen LogP contribution >= 0.6 is 0 Å². The molecule has 0 saturated heterocycles. The van der Waals surface area contributed by atoms with Crippen LogP contribution < -0.4 is 10.6 Å². The van der Waals surface area contributed by atoms with Crippen molar-refractivity contribution >= 4 is 6.09 Å². The van der Waals surface area contributed by atoms with Gasteiger partial charge < -0.3 is 15.4 Å². The summed E-state index contributed by atoms with van der Waals surface area (Å²) in [5, 5.41) is 14.2. The van der Waals surface area contributed by atoms with E-state index in [2.05, 4.69) is 20.8 Å². The first-order chi connectivity index (χ1) is 11.3. The normalized spacial score (nSPS) is 19.7. The number of alkyl carbamates (subject to hydrolysis) is 1. The third kappa shape index (κ3) is 4.75. The number of carbonyl (C=O) groups is 1. The predicted octanol–water partition coefficient (Wildman–Crippen LogP) is 2.02. The average Bonchev–Trinajstić information content (AvgIpc) is 2.57. The summed E-state index contributed by atoms with van der Waals surface area (Å²) < 4.78 is 5.21. The summed E-state index contributed by atoms with van der Waals surface area (Å²) in [7, 11) is 0. The maximum Gasteiger partial charge on any atom is 0.407 e. The number of ether oxygens (including phenoxy) is 1. The lowest BCUT2D eigenvalue weighted by molar-refractivity contribution is 0.125. The number of nitrogens with one attached hydrogen (secondary N) is 2. The number of rotatable bonds is 6. The Balaban J connectivity index is 1.30. The standard InChI is InChI=1S/C17H20N4O2/c22-17(23-12-13-5-2-1-3-6-13)20-16-9-15(10-16)18-11-14-7-4-8-19-21-14/h1-8,15-16,18H,9-12H2,(H,20,22). The van der Waals surface area contributed by atoms with Crippen molar-refractivity contribution in [3.8, 4) is 0 Å². The first kappa shape index (κ1) is 15.4. The van der Waals surface area contributed by atoms with Gasteiger partial charge in [-0.05, 0) is 30.5 Å². The average molecular weight is 312 g/mol. The molecule has 120 valence electrons. The molecule has 1 aliphatic carbocycles. The van der Waals surface area contributed by atoms with Gasteiger partial charge in [-0.25, -0.2) is 4.79 Å². The molecule has 2 aromatic rings. The Kier molecular flexibility index (Phi) is 5.16. The fourth-order valence-corrected chi connectivity index (χ4v) is 2.51. The zero-order valence-electron chi connectivity index (χ0n) is 12.8. The summed E-state index contributed by atoms with van der Waals surface area (Å²) in [4.78, 5) is 11.7. The molecule has 1 aliphatic rings. The highest BCUT2D eigenvalue weighted by Crippen LogP contribution is 2.20. The maximum absolute atomic E-state index is 11.7. The van der Waals surface area contributed by atoms with Crippen molar-refractivity contribution in [1.82, 2.24) is 20.8 Å². The lowest BCUT2D eigenvalue weighted by atomic mass is 9.87. The summed E-state index contributed by atoms with van der Waals surface area (Å²) in [6.45, 7) is 0.997. The number of nitrogens with zero attached hydrogens (tertiary/aromatic N) is 2. The summed E-state index contributed by atoms with van der Waals surface area (Å²) in [6, 6.07) is 14.0. The van der Waals surface area contributed by atoms with Crippen molar-refractivity contribution in [3.05, 3.63) is 59.9 Å². The highest BCUT2D eigenvalue weighted by molar-refractivity contribution is 5.67. The Bertz CT molecular complexity index is 615. The van der Waals surface area contributed by atoms with Crippen LogP contribution in [0.4, 0.5) is 4.79 Å². The Morgan fingerprint density at radius 1 is 1.13 bits per heavy atom. The smallest absolute Gasteiger partial charge is 0.407 e. The van der Waals surface area contributed by atoms with Crippen molar-refractivity contribution in [2.75, 3.05) is 0 Å². The molecule has 0 unspecified atom stereocenters. The van der Waals surface area contributed by atoms with Crippen LogP contribution in [-0.2, 0) is 17.9 Å². The van der Waals surface area contributed by atoms with Crippen LogP contribution in [0.5, 0.6) is 0 Å². The van der Waals surface area contributed by atoms with Crippen LogP contribution in [0.25, 0.3) is 0 Å². The molecule has 0 radical (unpaired) electrons. The van der Waals surface area contributed by atoms with E-state index in [0.717, 1.165) is 24.1 Å². The van der Waals surface area contributed by atoms with Gasteiger partial charge in [0.15, 0.2) is 0 Å². The molecule has 6 heteroatoms. The van der Waals surface area contributed by atoms with Crippen LogP contribution in [-0.4, -0.2) is 28.4 Å². The molecule has 1 aromatic carbocycles. The first-order valence-electron chi connectivity index (χ1n) is 7.77. The van der Waals surface area contributed by atoms with E-state index in [1.54, 1.807) is 6.20 Å². The zero-order chi connectivity index (χ0) is 15.9. The molecule has 2 N–H and O–H groups in total. The number of hydrogen-bond donors (Lipinski definition) is 2. The van der Waals surface area contributed by atoms with Crippen molar-refractivity contribution in [2.24, 2.45) is 0 Å². The predicted molar refractivity (Wildman–Crippen MR) is 85.4 cm³/mol. The zero-order valence-corrected chi connectivity index (χ0v) is 12.8. The quantitative estimate of drug-likeness (QED) is 0.853. The van der Waals surface area contributed by atoms with Crippen LogP contribution in [0.15, 0.2) is 48.7 Å². The Labute approximate surface area is 135 Å². The third-order valence-corrected chi connectivity index (χ3v) is 3.87. The molecule has 0 bridgehead atoms. The fourth-order valence-electron chi connectivity index (χ4n) is 2.51. The van der Waals surface area contributed by atoms with Gasteiger partial charge in [-0.2, -0.15) is 10.2 Å². The molecule has 1 amide bonds. The van der Waals surface area contributed by atoms with Crippen molar-refractivity contribution in [2.45, 2.75) is 38.1 Å². The molecule has 1 aromatic heterocycles. The fraction of sp³-hybridized carbons (Fsp3) is 0.353. The monoisotopic (exact) mass is 312 g/mol. The summed E-state index contributed by atoms with van der Waals surface area (Å²) in [6.07, 6.45) is 3.11. The van der Waals surface area contributed by atoms with Gasteiger partial charge in [-0.3, -0.25) is 0 Å². The van der Waals surface area contributed by atoms with E-state index >= 15 is 0 Å². The second-order valence-electron chi connectivity index (χ2n) is 5.67. The van der Waals surface area contributed by atoms with Gasteiger partial charge in [-0.1, -0.05) is 30.3 Å². The minimum Gasteiger partial charge on any atom is -0.445 e. The molecule has 23 heavy (non-hydrogen) atoms. The SMILES string of the molecule is O=C(NC1CC(NCc2cccnn2)C1)OCc1ccccc1. The van der Waals surface area contributed by atoms with Gasteiger partial charge in [0.1, 0.15) is 6.61 Å². The molecule has 0 aliphatic heterocycles. The van der Waals surface area contributed by atoms with Gasteiger partial charge in [0.2, 0.25) is 0 Å². The molecule has 3 rings (SSSR count). The minimum absolute atomic E-state index is 0.178. The molecule has 1 saturated carbocycles. The van der Waals surface area contributed by atoms with Crippen molar-refractivity contribution in [1.29, 1.82) is 0 Å². The van der Waals surface area contributed by atoms with E-state index in [1.165, 1.54) is 0 Å². The third-order valence-electron chi connectivity index (χ3n) is 3.87. The summed E-state index contributed by atoms with van der Waals surface area (Å²) in [5.74, 6) is 0. The Morgan fingerprint density at radius 2 is 1.96 bits per heavy atom. The Morgan fingerprint density at radius 3 is 2.70 bits per heavy atom. The molecular formula is C17H20N4O2. The van der Waals surface area contributed by atoms with E-state index in [0.29, 0.717) is 19.2 Å². The lowest BCUT2D eigenvalue weighted by Crippen LogP contribution is -2.52. The second-order valence-corrected chi connectivity index (χ2v) is 5.67. The van der Waals surface area contributed by atoms with E-state index in [9.17, 15) is 4.79 Å². The summed E-state index contributed by atoms with van der Waals surface area (Å²) >= 11 is 0. The minimum atomic E-state index is -0.355. The van der Waals surface area contributed by atoms with E-state index in [-0.39, 0.29) is 12.1 Å². The number of hydrogen-bond acceptors (Lipinski definition) is 5. The molecular weight excluding hydrogens is 292 g/mol. The highest BCUT2D eigenvalue weighted by Gasteiger charge is 2.30. The lowest BCUT2D eigenvalue weighted by Gasteiger charge is -2.36. The number of carbonyl (C=O) groups excluding carboxylic acids is 1. The number of aromatic nitrogens is 2. The highest BCUT2D eigenvalue weighted by atomic mass is 16.5. The number of benzene rings is 1. The first-order valence-corrected chi connectivity index (χ1v) is 7.77. The molecule has 0 spiro atoms. The van der Waals surface area contributed by atoms with Gasteiger partial charge in [-0.15, -0.1) is 0 Å². The van der Waals surface area contributed by atoms with E-state index < -0.39 is 0 Å². The molecule has 6 nitrogen and oxygen atoms in total. The molecule has 1 fully saturated rings. The van der Waals surface area contributed by atoms with Gasteiger partial charge in [0, 0.05) is 24.8 Å². The maximum atomic E-state index is 11.7. The van der Waals surface area contributed by atoms with Crippen molar-refractivity contribution < 1.29 is 9.53 Å².